The number of aromatic nitrogens is 1. The number of nitrogens with one attached hydrogen (secondary N) is 1. The summed E-state index contributed by atoms with van der Waals surface area (Å²) in [4.78, 5) is 26.8. The van der Waals surface area contributed by atoms with Gasteiger partial charge in [0, 0.05) is 28.1 Å². The minimum Gasteiger partial charge on any atom is -0.478 e. The Balaban J connectivity index is 2.66. The third-order valence-electron chi connectivity index (χ3n) is 3.51. The van der Waals surface area contributed by atoms with Crippen molar-refractivity contribution in [3.05, 3.63) is 35.0 Å². The van der Waals surface area contributed by atoms with Crippen molar-refractivity contribution < 1.29 is 14.7 Å². The highest BCUT2D eigenvalue weighted by Gasteiger charge is 2.21. The van der Waals surface area contributed by atoms with E-state index in [0.717, 1.165) is 23.0 Å². The number of benzene rings is 1. The predicted molar refractivity (Wildman–Crippen MR) is 83.0 cm³/mol. The van der Waals surface area contributed by atoms with E-state index in [1.165, 1.54) is 0 Å². The molecule has 0 aliphatic rings. The van der Waals surface area contributed by atoms with Crippen molar-refractivity contribution in [2.24, 2.45) is 11.8 Å². The first-order valence-electron chi connectivity index (χ1n) is 7.23. The Labute approximate surface area is 124 Å². The number of fused-ring (bicyclic) bond motifs is 1. The minimum atomic E-state index is -0.964. The maximum atomic E-state index is 12.5. The highest BCUT2D eigenvalue weighted by Crippen LogP contribution is 2.28. The van der Waals surface area contributed by atoms with Crippen molar-refractivity contribution in [1.82, 2.24) is 4.98 Å². The van der Waals surface area contributed by atoms with Crippen LogP contribution in [0.3, 0.4) is 0 Å². The molecule has 0 aliphatic carbocycles. The van der Waals surface area contributed by atoms with Crippen LogP contribution < -0.4 is 0 Å². The Kier molecular flexibility index (Phi) is 4.16. The number of hydrogen-bond donors (Lipinski definition) is 2. The summed E-state index contributed by atoms with van der Waals surface area (Å²) in [5.41, 5.74) is 2.56. The SMILES string of the molecule is CC(C)Cc1[nH]c2cc(C(=O)O)ccc2c1C(=O)C(C)C. The molecule has 2 rings (SSSR count). The van der Waals surface area contributed by atoms with Crippen LogP contribution in [-0.4, -0.2) is 21.8 Å². The summed E-state index contributed by atoms with van der Waals surface area (Å²) < 4.78 is 0. The van der Waals surface area contributed by atoms with Crippen molar-refractivity contribution in [2.75, 3.05) is 0 Å². The van der Waals surface area contributed by atoms with Gasteiger partial charge in [0.2, 0.25) is 0 Å². The number of H-pyrrole nitrogens is 1. The van der Waals surface area contributed by atoms with E-state index < -0.39 is 5.97 Å². The van der Waals surface area contributed by atoms with Gasteiger partial charge in [-0.2, -0.15) is 0 Å². The second-order valence-corrected chi connectivity index (χ2v) is 6.16. The van der Waals surface area contributed by atoms with Crippen LogP contribution in [0.4, 0.5) is 0 Å². The molecule has 0 atom stereocenters. The second-order valence-electron chi connectivity index (χ2n) is 6.16. The molecule has 2 aromatic rings. The van der Waals surface area contributed by atoms with E-state index in [4.69, 9.17) is 5.11 Å². The molecule has 0 unspecified atom stereocenters. The molecule has 2 N–H and O–H groups in total. The van der Waals surface area contributed by atoms with Gasteiger partial charge in [-0.15, -0.1) is 0 Å². The Morgan fingerprint density at radius 2 is 1.86 bits per heavy atom. The topological polar surface area (TPSA) is 70.2 Å². The number of aromatic carboxylic acids is 1. The van der Waals surface area contributed by atoms with Gasteiger partial charge in [-0.25, -0.2) is 4.79 Å². The van der Waals surface area contributed by atoms with Crippen LogP contribution in [0.2, 0.25) is 0 Å². The lowest BCUT2D eigenvalue weighted by Gasteiger charge is -2.08. The van der Waals surface area contributed by atoms with Crippen molar-refractivity contribution in [3.63, 3.8) is 0 Å². The van der Waals surface area contributed by atoms with E-state index in [9.17, 15) is 9.59 Å². The molecule has 0 saturated carbocycles. The minimum absolute atomic E-state index is 0.0888. The molecule has 1 aromatic carbocycles. The number of aromatic amines is 1. The lowest BCUT2D eigenvalue weighted by Crippen LogP contribution is -2.10. The first-order chi connectivity index (χ1) is 9.81. The zero-order valence-corrected chi connectivity index (χ0v) is 12.9. The van der Waals surface area contributed by atoms with Crippen LogP contribution in [0.25, 0.3) is 10.9 Å². The molecular formula is C17H21NO3. The van der Waals surface area contributed by atoms with Gasteiger partial charge in [0.15, 0.2) is 5.78 Å². The molecule has 21 heavy (non-hydrogen) atoms. The number of carboxylic acid groups (broad SMARTS) is 1. The number of carbonyl (C=O) groups is 2. The van der Waals surface area contributed by atoms with Crippen LogP contribution in [0.1, 0.15) is 54.1 Å². The maximum absolute atomic E-state index is 12.5. The highest BCUT2D eigenvalue weighted by atomic mass is 16.4. The monoisotopic (exact) mass is 287 g/mol. The fourth-order valence-corrected chi connectivity index (χ4v) is 2.52. The van der Waals surface area contributed by atoms with Gasteiger partial charge < -0.3 is 10.1 Å². The number of carboxylic acids is 1. The average molecular weight is 287 g/mol. The Hall–Kier alpha value is -2.10. The van der Waals surface area contributed by atoms with Gasteiger partial charge in [0.25, 0.3) is 0 Å². The summed E-state index contributed by atoms with van der Waals surface area (Å²) in [6.45, 7) is 7.95. The zero-order chi connectivity index (χ0) is 15.7. The lowest BCUT2D eigenvalue weighted by molar-refractivity contribution is 0.0696. The predicted octanol–water partition coefficient (Wildman–Crippen LogP) is 3.90. The average Bonchev–Trinajstić information content (AvgIpc) is 2.73. The molecule has 112 valence electrons. The van der Waals surface area contributed by atoms with Gasteiger partial charge >= 0.3 is 5.97 Å². The molecule has 4 nitrogen and oxygen atoms in total. The molecule has 0 aliphatic heterocycles. The van der Waals surface area contributed by atoms with E-state index in [-0.39, 0.29) is 17.3 Å². The van der Waals surface area contributed by atoms with Crippen LogP contribution in [0.5, 0.6) is 0 Å². The maximum Gasteiger partial charge on any atom is 0.335 e. The van der Waals surface area contributed by atoms with Crippen LogP contribution in [0.15, 0.2) is 18.2 Å². The fraction of sp³-hybridized carbons (Fsp3) is 0.412. The molecule has 0 saturated heterocycles. The Bertz CT molecular complexity index is 695. The van der Waals surface area contributed by atoms with E-state index in [2.05, 4.69) is 18.8 Å². The van der Waals surface area contributed by atoms with Crippen molar-refractivity contribution >= 4 is 22.7 Å². The summed E-state index contributed by atoms with van der Waals surface area (Å²) in [5, 5.41) is 9.90. The van der Waals surface area contributed by atoms with Gasteiger partial charge in [-0.3, -0.25) is 4.79 Å². The van der Waals surface area contributed by atoms with Crippen molar-refractivity contribution in [3.8, 4) is 0 Å². The molecule has 0 radical (unpaired) electrons. The molecule has 0 bridgehead atoms. The number of Topliss-reactive ketones (excluding diaryl/α,β-unsaturated/α-hetero) is 1. The molecule has 0 amide bonds. The lowest BCUT2D eigenvalue weighted by atomic mass is 9.94. The molecule has 0 spiro atoms. The first kappa shape index (κ1) is 15.3. The quantitative estimate of drug-likeness (QED) is 0.819. The van der Waals surface area contributed by atoms with Crippen LogP contribution in [-0.2, 0) is 6.42 Å². The number of rotatable bonds is 5. The summed E-state index contributed by atoms with van der Waals surface area (Å²) in [5.74, 6) is -0.543. The van der Waals surface area contributed by atoms with E-state index in [1.54, 1.807) is 18.2 Å². The summed E-state index contributed by atoms with van der Waals surface area (Å²) in [7, 11) is 0. The zero-order valence-electron chi connectivity index (χ0n) is 12.9. The van der Waals surface area contributed by atoms with E-state index in [1.807, 2.05) is 13.8 Å². The van der Waals surface area contributed by atoms with Crippen molar-refractivity contribution in [1.29, 1.82) is 0 Å². The Morgan fingerprint density at radius 3 is 2.38 bits per heavy atom. The summed E-state index contributed by atoms with van der Waals surface area (Å²) in [6.07, 6.45) is 0.769. The fourth-order valence-electron chi connectivity index (χ4n) is 2.52. The van der Waals surface area contributed by atoms with Gasteiger partial charge in [-0.05, 0) is 24.5 Å². The molecular weight excluding hydrogens is 266 g/mol. The molecule has 0 fully saturated rings. The van der Waals surface area contributed by atoms with Gasteiger partial charge in [0.1, 0.15) is 0 Å². The van der Waals surface area contributed by atoms with E-state index in [0.29, 0.717) is 11.5 Å². The van der Waals surface area contributed by atoms with E-state index >= 15 is 0 Å². The van der Waals surface area contributed by atoms with Crippen molar-refractivity contribution in [2.45, 2.75) is 34.1 Å². The summed E-state index contributed by atoms with van der Waals surface area (Å²) >= 11 is 0. The Morgan fingerprint density at radius 1 is 1.19 bits per heavy atom. The number of carbonyl (C=O) groups excluding carboxylic acids is 1. The van der Waals surface area contributed by atoms with Gasteiger partial charge in [0.05, 0.1) is 5.56 Å². The van der Waals surface area contributed by atoms with Crippen LogP contribution >= 0.6 is 0 Å². The molecule has 1 heterocycles. The third-order valence-corrected chi connectivity index (χ3v) is 3.51. The smallest absolute Gasteiger partial charge is 0.335 e. The third kappa shape index (κ3) is 2.99. The number of ketones is 1. The normalized spacial score (nSPS) is 11.5. The van der Waals surface area contributed by atoms with Crippen LogP contribution in [0, 0.1) is 11.8 Å². The standard InChI is InChI=1S/C17H21NO3/c1-9(2)7-14-15(16(19)10(3)4)12-6-5-11(17(20)21)8-13(12)18-14/h5-6,8-10,18H,7H2,1-4H3,(H,20,21). The number of hydrogen-bond acceptors (Lipinski definition) is 2. The van der Waals surface area contributed by atoms with Gasteiger partial charge in [-0.1, -0.05) is 33.8 Å². The highest BCUT2D eigenvalue weighted by molar-refractivity contribution is 6.10. The largest absolute Gasteiger partial charge is 0.478 e. The molecule has 1 aromatic heterocycles. The second kappa shape index (κ2) is 5.72. The molecule has 4 heteroatoms. The first-order valence-corrected chi connectivity index (χ1v) is 7.23. The summed E-state index contributed by atoms with van der Waals surface area (Å²) in [6, 6.07) is 4.88.